The van der Waals surface area contributed by atoms with E-state index < -0.39 is 0 Å². The summed E-state index contributed by atoms with van der Waals surface area (Å²) >= 11 is 0. The van der Waals surface area contributed by atoms with Crippen molar-refractivity contribution in [3.8, 4) is 0 Å². The Morgan fingerprint density at radius 3 is 2.02 bits per heavy atom. The fourth-order valence-corrected chi connectivity index (χ4v) is 6.54. The Kier molecular flexibility index (Phi) is 6.76. The van der Waals surface area contributed by atoms with Gasteiger partial charge < -0.3 is 19.4 Å². The molecule has 0 radical (unpaired) electrons. The first-order valence-electron chi connectivity index (χ1n) is 15.4. The summed E-state index contributed by atoms with van der Waals surface area (Å²) in [6, 6.07) is 45.2. The van der Waals surface area contributed by atoms with E-state index in [-0.39, 0.29) is 0 Å². The zero-order chi connectivity index (χ0) is 30.2. The van der Waals surface area contributed by atoms with Gasteiger partial charge in [0.15, 0.2) is 0 Å². The van der Waals surface area contributed by atoms with Crippen molar-refractivity contribution in [3.05, 3.63) is 163 Å². The lowest BCUT2D eigenvalue weighted by atomic mass is 10.1. The minimum absolute atomic E-state index is 0.623. The second kappa shape index (κ2) is 11.4. The van der Waals surface area contributed by atoms with Gasteiger partial charge in [-0.2, -0.15) is 0 Å². The fraction of sp³-hybridized carbons (Fsp3) is 0.0750. The average Bonchev–Trinajstić information content (AvgIpc) is 3.50. The van der Waals surface area contributed by atoms with Crippen molar-refractivity contribution in [3.63, 3.8) is 0 Å². The van der Waals surface area contributed by atoms with Gasteiger partial charge in [0, 0.05) is 46.2 Å². The molecule has 1 N–H and O–H groups in total. The average molecular weight is 584 g/mol. The molecule has 0 fully saturated rings. The molecule has 5 heteroatoms. The van der Waals surface area contributed by atoms with Gasteiger partial charge >= 0.3 is 0 Å². The van der Waals surface area contributed by atoms with Crippen LogP contribution in [0.5, 0.6) is 0 Å². The van der Waals surface area contributed by atoms with Gasteiger partial charge in [-0.1, -0.05) is 85.0 Å². The molecule has 1 aliphatic carbocycles. The maximum atomic E-state index is 5.18. The number of nitrogens with one attached hydrogen (secondary N) is 1. The molecule has 0 atom stereocenters. The van der Waals surface area contributed by atoms with E-state index in [1.165, 1.54) is 21.8 Å². The minimum Gasteiger partial charge on any atom is -0.388 e. The van der Waals surface area contributed by atoms with Crippen LogP contribution < -0.4 is 10.2 Å². The van der Waals surface area contributed by atoms with Crippen LogP contribution in [0.2, 0.25) is 0 Å². The highest BCUT2D eigenvalue weighted by atomic mass is 15.2. The zero-order valence-corrected chi connectivity index (χ0v) is 25.1. The number of rotatable bonds is 7. The van der Waals surface area contributed by atoms with Gasteiger partial charge in [0.25, 0.3) is 0 Å². The van der Waals surface area contributed by atoms with Gasteiger partial charge in [-0.15, -0.1) is 0 Å². The molecule has 0 saturated carbocycles. The Hall–Kier alpha value is -5.81. The molecule has 0 aliphatic heterocycles. The first kappa shape index (κ1) is 26.8. The first-order chi connectivity index (χ1) is 22.3. The number of fused-ring (bicyclic) bond motifs is 4. The van der Waals surface area contributed by atoms with Crippen LogP contribution in [0.3, 0.4) is 0 Å². The van der Waals surface area contributed by atoms with E-state index in [4.69, 9.17) is 4.98 Å². The lowest BCUT2D eigenvalue weighted by Crippen LogP contribution is -2.13. The Balaban J connectivity index is 1.33. The highest BCUT2D eigenvalue weighted by Crippen LogP contribution is 2.39. The predicted octanol–water partition coefficient (Wildman–Crippen LogP) is 9.57. The molecule has 2 heterocycles. The fourth-order valence-electron chi connectivity index (χ4n) is 6.54. The summed E-state index contributed by atoms with van der Waals surface area (Å²) in [4.78, 5) is 7.51. The second-order valence-electron chi connectivity index (χ2n) is 11.3. The molecular weight excluding hydrogens is 550 g/mol. The molecule has 5 nitrogen and oxygen atoms in total. The van der Waals surface area contributed by atoms with Crippen molar-refractivity contribution < 1.29 is 0 Å². The second-order valence-corrected chi connectivity index (χ2v) is 11.3. The van der Waals surface area contributed by atoms with Gasteiger partial charge in [0.05, 0.1) is 22.1 Å². The summed E-state index contributed by atoms with van der Waals surface area (Å²) in [7, 11) is 1.98. The number of allylic oxidation sites excluding steroid dienone is 5. The molecular formula is C40H33N5. The Morgan fingerprint density at radius 1 is 0.622 bits per heavy atom. The molecule has 2 aromatic heterocycles. The third-order valence-corrected chi connectivity index (χ3v) is 8.62. The van der Waals surface area contributed by atoms with E-state index in [1.54, 1.807) is 0 Å². The highest BCUT2D eigenvalue weighted by molar-refractivity contribution is 6.09. The van der Waals surface area contributed by atoms with Crippen LogP contribution in [0.15, 0.2) is 157 Å². The molecule has 45 heavy (non-hydrogen) atoms. The Labute approximate surface area is 262 Å². The normalized spacial score (nSPS) is 13.2. The number of hydrogen-bond donors (Lipinski definition) is 1. The molecule has 0 saturated heterocycles. The number of aromatic nitrogens is 3. The van der Waals surface area contributed by atoms with Crippen LogP contribution in [0.1, 0.15) is 12.2 Å². The third-order valence-electron chi connectivity index (χ3n) is 8.62. The maximum Gasteiger partial charge on any atom is 0.144 e. The van der Waals surface area contributed by atoms with Crippen LogP contribution in [-0.4, -0.2) is 21.2 Å². The quantitative estimate of drug-likeness (QED) is 0.203. The largest absolute Gasteiger partial charge is 0.388 e. The Morgan fingerprint density at radius 2 is 1.27 bits per heavy atom. The molecule has 8 rings (SSSR count). The van der Waals surface area contributed by atoms with Crippen molar-refractivity contribution in [1.29, 1.82) is 0 Å². The number of nitrogens with zero attached hydrogens (tertiary/aromatic N) is 4. The number of hydrogen-bond acceptors (Lipinski definition) is 3. The van der Waals surface area contributed by atoms with Gasteiger partial charge in [0.1, 0.15) is 12.5 Å². The topological polar surface area (TPSA) is 38.0 Å². The van der Waals surface area contributed by atoms with E-state index >= 15 is 0 Å². The van der Waals surface area contributed by atoms with Crippen LogP contribution in [0.25, 0.3) is 38.4 Å². The summed E-state index contributed by atoms with van der Waals surface area (Å²) < 4.78 is 4.78. The molecule has 5 aromatic carbocycles. The number of anilines is 3. The van der Waals surface area contributed by atoms with Gasteiger partial charge in [-0.3, -0.25) is 0 Å². The smallest absolute Gasteiger partial charge is 0.144 e. The first-order valence-corrected chi connectivity index (χ1v) is 15.4. The van der Waals surface area contributed by atoms with Crippen LogP contribution >= 0.6 is 0 Å². The van der Waals surface area contributed by atoms with Crippen LogP contribution in [0, 0.1) is 0 Å². The van der Waals surface area contributed by atoms with Crippen LogP contribution in [0.4, 0.5) is 17.1 Å². The van der Waals surface area contributed by atoms with Crippen molar-refractivity contribution in [2.75, 3.05) is 11.9 Å². The molecule has 218 valence electrons. The van der Waals surface area contributed by atoms with Crippen LogP contribution in [-0.2, 0) is 6.67 Å². The zero-order valence-electron chi connectivity index (χ0n) is 25.1. The maximum absolute atomic E-state index is 5.18. The molecule has 0 spiro atoms. The summed E-state index contributed by atoms with van der Waals surface area (Å²) in [6.45, 7) is 0.623. The number of benzene rings is 5. The third kappa shape index (κ3) is 4.70. The highest BCUT2D eigenvalue weighted by Gasteiger charge is 2.20. The number of para-hydroxylation sites is 5. The van der Waals surface area contributed by atoms with Crippen molar-refractivity contribution >= 4 is 55.5 Å². The summed E-state index contributed by atoms with van der Waals surface area (Å²) in [5.74, 6) is 0.949. The standard InChI is InChI=1S/C40H33N5/c1-41-35-21-10-4-9-20-33(35)40-42-36-22-12-14-24-39(36)44(40)28-43-37-23-13-11-19-32(37)34-27-31(25-26-38(34)43)45(29-15-5-2-6-16-29)30-17-7-3-8-18-30/h2-3,5-27,41H,4,28H2,1H3. The lowest BCUT2D eigenvalue weighted by Gasteiger charge is -2.25. The number of likely N-dealkylation sites (N-methyl/N-ethyl adjacent to an activating group) is 1. The van der Waals surface area contributed by atoms with E-state index in [1.807, 2.05) is 7.05 Å². The van der Waals surface area contributed by atoms with Gasteiger partial charge in [0.2, 0.25) is 0 Å². The van der Waals surface area contributed by atoms with Crippen molar-refractivity contribution in [1.82, 2.24) is 19.4 Å². The molecule has 0 amide bonds. The summed E-state index contributed by atoms with van der Waals surface area (Å²) in [5, 5.41) is 5.85. The minimum atomic E-state index is 0.623. The van der Waals surface area contributed by atoms with Gasteiger partial charge in [-0.05, 0) is 73.2 Å². The predicted molar refractivity (Wildman–Crippen MR) is 188 cm³/mol. The van der Waals surface area contributed by atoms with Crippen molar-refractivity contribution in [2.24, 2.45) is 0 Å². The summed E-state index contributed by atoms with van der Waals surface area (Å²) in [6.07, 6.45) is 9.64. The molecule has 0 bridgehead atoms. The molecule has 1 aliphatic rings. The van der Waals surface area contributed by atoms with Crippen molar-refractivity contribution in [2.45, 2.75) is 13.1 Å². The molecule has 7 aromatic rings. The Bertz CT molecular complexity index is 2210. The van der Waals surface area contributed by atoms with E-state index in [0.29, 0.717) is 6.67 Å². The lowest BCUT2D eigenvalue weighted by molar-refractivity contribution is 0.651. The monoisotopic (exact) mass is 583 g/mol. The number of imidazole rings is 1. The summed E-state index contributed by atoms with van der Waals surface area (Å²) in [5.41, 5.74) is 10.0. The molecule has 0 unspecified atom stereocenters. The van der Waals surface area contributed by atoms with E-state index in [0.717, 1.165) is 51.6 Å². The SMILES string of the molecule is CNC1=C(c2nc3ccccc3n2Cn2c3ccccc3c3cc(N(c4ccccc4)c4ccccc4)ccc32)C=CCC=C1. The van der Waals surface area contributed by atoms with E-state index in [9.17, 15) is 0 Å². The van der Waals surface area contributed by atoms with Gasteiger partial charge in [-0.25, -0.2) is 4.98 Å². The van der Waals surface area contributed by atoms with E-state index in [2.05, 4.69) is 171 Å².